The van der Waals surface area contributed by atoms with E-state index in [0.717, 1.165) is 24.0 Å². The highest BCUT2D eigenvalue weighted by molar-refractivity contribution is 7.89. The molecule has 4 rings (SSSR count). The predicted octanol–water partition coefficient (Wildman–Crippen LogP) is 3.29. The summed E-state index contributed by atoms with van der Waals surface area (Å²) in [5.41, 5.74) is 4.06. The third-order valence-electron chi connectivity index (χ3n) is 7.65. The van der Waals surface area contributed by atoms with Gasteiger partial charge in [0.2, 0.25) is 15.9 Å². The number of aliphatic hydroxyl groups is 1. The molecule has 1 aliphatic carbocycles. The minimum Gasteiger partial charge on any atom is -0.493 e. The van der Waals surface area contributed by atoms with E-state index in [4.69, 9.17) is 4.74 Å². The number of fused-ring (bicyclic) bond motifs is 1. The second-order valence-corrected chi connectivity index (χ2v) is 15.5. The van der Waals surface area contributed by atoms with E-state index in [9.17, 15) is 23.1 Å². The molecular formula is C33H48N4O6S. The predicted molar refractivity (Wildman–Crippen MR) is 169 cm³/mol. The molecule has 0 saturated heterocycles. The number of ether oxygens (including phenoxy) is 1. The SMILES string of the molecule is CC(C)CN(C[C@@H](O)C(Cc1ccccc1)N(NC(=O)CNC1CC1)C(=O)CC(C)(C)C)S(=O)(=O)c1ccc2c(c1)CCO2. The molecule has 1 fully saturated rings. The maximum absolute atomic E-state index is 14.0. The van der Waals surface area contributed by atoms with Crippen LogP contribution in [0.1, 0.15) is 65.0 Å². The number of rotatable bonds is 14. The van der Waals surface area contributed by atoms with Gasteiger partial charge in [-0.2, -0.15) is 4.31 Å². The highest BCUT2D eigenvalue weighted by atomic mass is 32.2. The first-order valence-electron chi connectivity index (χ1n) is 15.6. The van der Waals surface area contributed by atoms with Gasteiger partial charge in [0.05, 0.1) is 30.2 Å². The van der Waals surface area contributed by atoms with Gasteiger partial charge in [0.25, 0.3) is 5.91 Å². The summed E-state index contributed by atoms with van der Waals surface area (Å²) in [5.74, 6) is -0.0954. The second-order valence-electron chi connectivity index (χ2n) is 13.6. The molecule has 2 amide bonds. The number of nitrogens with zero attached hydrogens (tertiary/aromatic N) is 2. The van der Waals surface area contributed by atoms with Crippen molar-refractivity contribution < 1.29 is 27.9 Å². The van der Waals surface area contributed by atoms with E-state index in [1.807, 2.05) is 65.0 Å². The molecule has 1 heterocycles. The number of hydrogen-bond acceptors (Lipinski definition) is 7. The Labute approximate surface area is 262 Å². The number of nitrogens with one attached hydrogen (secondary N) is 2. The highest BCUT2D eigenvalue weighted by Crippen LogP contribution is 2.30. The zero-order valence-electron chi connectivity index (χ0n) is 26.6. The molecule has 0 aromatic heterocycles. The molecule has 0 bridgehead atoms. The van der Waals surface area contributed by atoms with Crippen LogP contribution in [0.25, 0.3) is 0 Å². The number of hydrazine groups is 1. The van der Waals surface area contributed by atoms with Gasteiger partial charge in [0.1, 0.15) is 5.75 Å². The van der Waals surface area contributed by atoms with Gasteiger partial charge in [-0.15, -0.1) is 0 Å². The summed E-state index contributed by atoms with van der Waals surface area (Å²) in [7, 11) is -4.01. The van der Waals surface area contributed by atoms with Gasteiger partial charge in [-0.3, -0.25) is 15.0 Å². The Morgan fingerprint density at radius 3 is 2.41 bits per heavy atom. The van der Waals surface area contributed by atoms with Crippen LogP contribution in [0.2, 0.25) is 0 Å². The van der Waals surface area contributed by atoms with Crippen molar-refractivity contribution in [3.05, 3.63) is 59.7 Å². The third-order valence-corrected chi connectivity index (χ3v) is 9.47. The Morgan fingerprint density at radius 2 is 1.77 bits per heavy atom. The van der Waals surface area contributed by atoms with Gasteiger partial charge >= 0.3 is 0 Å². The summed E-state index contributed by atoms with van der Waals surface area (Å²) in [4.78, 5) is 27.0. The fourth-order valence-electron chi connectivity index (χ4n) is 5.30. The van der Waals surface area contributed by atoms with Crippen LogP contribution in [0.5, 0.6) is 5.75 Å². The van der Waals surface area contributed by atoms with Crippen LogP contribution in [0.3, 0.4) is 0 Å². The number of aliphatic hydroxyl groups excluding tert-OH is 1. The standard InChI is InChI=1S/C33H48N4O6S/c1-23(2)21-36(44(41,42)27-13-14-30-25(18-27)15-16-43-30)22-29(38)28(17-24-9-7-6-8-10-24)37(32(40)19-33(3,4)5)35-31(39)20-34-26-11-12-26/h6-10,13-14,18,23,26,28-29,34,38H,11-12,15-17,19-22H2,1-5H3,(H,35,39)/t28?,29-/m1/s1. The summed E-state index contributed by atoms with van der Waals surface area (Å²) in [6, 6.07) is 13.6. The fourth-order valence-corrected chi connectivity index (χ4v) is 6.98. The summed E-state index contributed by atoms with van der Waals surface area (Å²) >= 11 is 0. The minimum absolute atomic E-state index is 0.0332. The first kappa shape index (κ1) is 33.9. The van der Waals surface area contributed by atoms with Crippen LogP contribution < -0.4 is 15.5 Å². The second kappa shape index (κ2) is 14.4. The van der Waals surface area contributed by atoms with Gasteiger partial charge in [0.15, 0.2) is 0 Å². The normalized spacial score (nSPS) is 16.4. The van der Waals surface area contributed by atoms with Gasteiger partial charge in [-0.05, 0) is 59.9 Å². The number of carbonyl (C=O) groups excluding carboxylic acids is 2. The molecule has 2 aromatic carbocycles. The lowest BCUT2D eigenvalue weighted by molar-refractivity contribution is -0.149. The van der Waals surface area contributed by atoms with Crippen molar-refractivity contribution in [1.82, 2.24) is 20.1 Å². The van der Waals surface area contributed by atoms with Crippen LogP contribution >= 0.6 is 0 Å². The van der Waals surface area contributed by atoms with E-state index in [1.165, 1.54) is 15.4 Å². The molecule has 0 radical (unpaired) electrons. The first-order chi connectivity index (χ1) is 20.7. The highest BCUT2D eigenvalue weighted by Gasteiger charge is 2.37. The Balaban J connectivity index is 1.66. The lowest BCUT2D eigenvalue weighted by atomic mass is 9.91. The summed E-state index contributed by atoms with van der Waals surface area (Å²) in [5, 5.41) is 16.3. The number of benzene rings is 2. The minimum atomic E-state index is -4.01. The first-order valence-corrected chi connectivity index (χ1v) is 17.0. The fraction of sp³-hybridized carbons (Fsp3) is 0.576. The molecule has 3 N–H and O–H groups in total. The van der Waals surface area contributed by atoms with Crippen LogP contribution in [0, 0.1) is 11.3 Å². The third kappa shape index (κ3) is 9.50. The number of hydrogen-bond donors (Lipinski definition) is 3. The average molecular weight is 629 g/mol. The smallest absolute Gasteiger partial charge is 0.252 e. The van der Waals surface area contributed by atoms with Crippen molar-refractivity contribution in [3.63, 3.8) is 0 Å². The van der Waals surface area contributed by atoms with E-state index in [2.05, 4.69) is 10.7 Å². The molecule has 2 aromatic rings. The summed E-state index contributed by atoms with van der Waals surface area (Å²) in [6.45, 7) is 10.1. The molecule has 2 atom stereocenters. The quantitative estimate of drug-likeness (QED) is 0.274. The van der Waals surface area contributed by atoms with Crippen molar-refractivity contribution in [3.8, 4) is 5.75 Å². The number of sulfonamides is 1. The largest absolute Gasteiger partial charge is 0.493 e. The zero-order valence-corrected chi connectivity index (χ0v) is 27.4. The Morgan fingerprint density at radius 1 is 1.07 bits per heavy atom. The number of carbonyl (C=O) groups is 2. The van der Waals surface area contributed by atoms with E-state index >= 15 is 0 Å². The van der Waals surface area contributed by atoms with E-state index < -0.39 is 33.5 Å². The Bertz CT molecular complexity index is 1390. The zero-order chi connectivity index (χ0) is 32.1. The molecule has 1 aliphatic heterocycles. The van der Waals surface area contributed by atoms with Gasteiger partial charge < -0.3 is 15.2 Å². The Kier molecular flexibility index (Phi) is 11.1. The molecule has 10 nitrogen and oxygen atoms in total. The maximum atomic E-state index is 14.0. The van der Waals surface area contributed by atoms with Gasteiger partial charge in [-0.25, -0.2) is 13.4 Å². The van der Waals surface area contributed by atoms with Gasteiger partial charge in [0, 0.05) is 32.0 Å². The molecule has 2 aliphatic rings. The lowest BCUT2D eigenvalue weighted by Gasteiger charge is -2.38. The van der Waals surface area contributed by atoms with Crippen LogP contribution in [-0.2, 0) is 32.5 Å². The summed E-state index contributed by atoms with van der Waals surface area (Å²) in [6.07, 6.45) is 1.65. The number of amides is 2. The maximum Gasteiger partial charge on any atom is 0.252 e. The van der Waals surface area contributed by atoms with Gasteiger partial charge in [-0.1, -0.05) is 65.0 Å². The molecule has 0 spiro atoms. The van der Waals surface area contributed by atoms with Crippen LogP contribution in [-0.4, -0.2) is 79.1 Å². The lowest BCUT2D eigenvalue weighted by Crippen LogP contribution is -2.60. The van der Waals surface area contributed by atoms with Crippen molar-refractivity contribution >= 4 is 21.8 Å². The van der Waals surface area contributed by atoms with Crippen LogP contribution in [0.15, 0.2) is 53.4 Å². The van der Waals surface area contributed by atoms with Crippen LogP contribution in [0.4, 0.5) is 0 Å². The topological polar surface area (TPSA) is 128 Å². The Hall–Kier alpha value is -2.99. The van der Waals surface area contributed by atoms with Crippen molar-refractivity contribution in [2.45, 2.75) is 89.8 Å². The molecule has 1 unspecified atom stereocenters. The van der Waals surface area contributed by atoms with Crippen molar-refractivity contribution in [1.29, 1.82) is 0 Å². The van der Waals surface area contributed by atoms with E-state index in [1.54, 1.807) is 12.1 Å². The molecule has 44 heavy (non-hydrogen) atoms. The van der Waals surface area contributed by atoms with E-state index in [0.29, 0.717) is 24.8 Å². The average Bonchev–Trinajstić information content (AvgIpc) is 3.66. The van der Waals surface area contributed by atoms with Crippen molar-refractivity contribution in [2.75, 3.05) is 26.2 Å². The van der Waals surface area contributed by atoms with E-state index in [-0.39, 0.29) is 49.2 Å². The molecular weight excluding hydrogens is 580 g/mol. The monoisotopic (exact) mass is 628 g/mol. The summed E-state index contributed by atoms with van der Waals surface area (Å²) < 4.78 is 34.9. The molecule has 1 saturated carbocycles. The molecule has 11 heteroatoms. The van der Waals surface area contributed by atoms with Crippen molar-refractivity contribution in [2.24, 2.45) is 11.3 Å². The molecule has 242 valence electrons.